The Morgan fingerprint density at radius 1 is 1.43 bits per heavy atom. The predicted molar refractivity (Wildman–Crippen MR) is 87.1 cm³/mol. The molecule has 0 saturated heterocycles. The average molecular weight is 375 g/mol. The van der Waals surface area contributed by atoms with Crippen LogP contribution < -0.4 is 5.32 Å². The summed E-state index contributed by atoms with van der Waals surface area (Å²) in [5, 5.41) is 7.88. The van der Waals surface area contributed by atoms with Crippen molar-refractivity contribution in [3.05, 3.63) is 51.0 Å². The maximum atomic E-state index is 14.1. The minimum atomic E-state index is -0.347. The van der Waals surface area contributed by atoms with Crippen LogP contribution in [0.15, 0.2) is 28.9 Å². The second kappa shape index (κ2) is 7.38. The highest BCUT2D eigenvalue weighted by Crippen LogP contribution is 2.28. The van der Waals surface area contributed by atoms with Crippen molar-refractivity contribution < 1.29 is 4.39 Å². The van der Waals surface area contributed by atoms with Crippen molar-refractivity contribution in [3.63, 3.8) is 0 Å². The fourth-order valence-corrected chi connectivity index (χ4v) is 3.17. The molecule has 1 atom stereocenters. The van der Waals surface area contributed by atoms with Gasteiger partial charge in [0.15, 0.2) is 0 Å². The van der Waals surface area contributed by atoms with Gasteiger partial charge in [0.05, 0.1) is 27.4 Å². The van der Waals surface area contributed by atoms with Crippen LogP contribution >= 0.6 is 27.5 Å². The molecule has 0 saturated carbocycles. The quantitative estimate of drug-likeness (QED) is 0.814. The van der Waals surface area contributed by atoms with Gasteiger partial charge in [-0.05, 0) is 47.4 Å². The van der Waals surface area contributed by atoms with Gasteiger partial charge in [-0.3, -0.25) is 4.68 Å². The number of rotatable bonds is 6. The van der Waals surface area contributed by atoms with E-state index in [0.717, 1.165) is 23.3 Å². The van der Waals surface area contributed by atoms with E-state index in [1.54, 1.807) is 24.4 Å². The third-order valence-electron chi connectivity index (χ3n) is 3.37. The number of nitrogens with zero attached hydrogens (tertiary/aromatic N) is 2. The SMILES string of the molecule is CCNC(Cc1cccc(Cl)c1F)c1c(Br)cnn1CC. The van der Waals surface area contributed by atoms with E-state index in [0.29, 0.717) is 12.0 Å². The number of likely N-dealkylation sites (N-methyl/N-ethyl adjacent to an activating group) is 1. The Morgan fingerprint density at radius 3 is 2.86 bits per heavy atom. The van der Waals surface area contributed by atoms with Crippen LogP contribution in [0.2, 0.25) is 5.02 Å². The molecule has 1 aromatic carbocycles. The van der Waals surface area contributed by atoms with E-state index in [-0.39, 0.29) is 16.9 Å². The highest BCUT2D eigenvalue weighted by atomic mass is 79.9. The van der Waals surface area contributed by atoms with Crippen molar-refractivity contribution in [2.45, 2.75) is 32.9 Å². The monoisotopic (exact) mass is 373 g/mol. The van der Waals surface area contributed by atoms with Gasteiger partial charge in [0, 0.05) is 6.54 Å². The van der Waals surface area contributed by atoms with Crippen LogP contribution in [0.3, 0.4) is 0 Å². The molecule has 1 aromatic heterocycles. The third kappa shape index (κ3) is 3.65. The molecule has 0 aliphatic carbocycles. The molecule has 0 spiro atoms. The van der Waals surface area contributed by atoms with E-state index in [2.05, 4.69) is 26.3 Å². The maximum absolute atomic E-state index is 14.1. The van der Waals surface area contributed by atoms with Gasteiger partial charge in [-0.1, -0.05) is 30.7 Å². The Kier molecular flexibility index (Phi) is 5.79. The average Bonchev–Trinajstić information content (AvgIpc) is 2.84. The number of halogens is 3. The number of aryl methyl sites for hydroxylation is 1. The van der Waals surface area contributed by atoms with Crippen molar-refractivity contribution in [3.8, 4) is 0 Å². The summed E-state index contributed by atoms with van der Waals surface area (Å²) in [6, 6.07) is 5.08. The predicted octanol–water partition coefficient (Wildman–Crippen LogP) is 4.35. The molecule has 0 bridgehead atoms. The smallest absolute Gasteiger partial charge is 0.145 e. The van der Waals surface area contributed by atoms with Crippen LogP contribution in [-0.2, 0) is 13.0 Å². The molecule has 0 aliphatic rings. The van der Waals surface area contributed by atoms with Crippen molar-refractivity contribution >= 4 is 27.5 Å². The maximum Gasteiger partial charge on any atom is 0.145 e. The van der Waals surface area contributed by atoms with Crippen LogP contribution in [0.1, 0.15) is 31.1 Å². The highest BCUT2D eigenvalue weighted by molar-refractivity contribution is 9.10. The van der Waals surface area contributed by atoms with Crippen molar-refractivity contribution in [2.24, 2.45) is 0 Å². The zero-order chi connectivity index (χ0) is 15.4. The fraction of sp³-hybridized carbons (Fsp3) is 0.400. The summed E-state index contributed by atoms with van der Waals surface area (Å²) in [6.45, 7) is 5.61. The zero-order valence-electron chi connectivity index (χ0n) is 12.0. The number of hydrogen-bond donors (Lipinski definition) is 1. The van der Waals surface area contributed by atoms with Crippen LogP contribution in [-0.4, -0.2) is 16.3 Å². The van der Waals surface area contributed by atoms with Crippen LogP contribution in [0.25, 0.3) is 0 Å². The van der Waals surface area contributed by atoms with Crippen LogP contribution in [0.5, 0.6) is 0 Å². The van der Waals surface area contributed by atoms with E-state index >= 15 is 0 Å². The minimum absolute atomic E-state index is 0.0280. The highest BCUT2D eigenvalue weighted by Gasteiger charge is 2.21. The lowest BCUT2D eigenvalue weighted by atomic mass is 10.0. The molecule has 0 fully saturated rings. The van der Waals surface area contributed by atoms with Crippen molar-refractivity contribution in [1.29, 1.82) is 0 Å². The topological polar surface area (TPSA) is 29.9 Å². The lowest BCUT2D eigenvalue weighted by molar-refractivity contribution is 0.479. The molecule has 1 heterocycles. The molecule has 1 N–H and O–H groups in total. The molecule has 1 unspecified atom stereocenters. The van der Waals surface area contributed by atoms with Gasteiger partial charge in [-0.25, -0.2) is 4.39 Å². The molecular formula is C15H18BrClFN3. The van der Waals surface area contributed by atoms with Crippen molar-refractivity contribution in [2.75, 3.05) is 6.54 Å². The Hall–Kier alpha value is -0.910. The largest absolute Gasteiger partial charge is 0.309 e. The summed E-state index contributed by atoms with van der Waals surface area (Å²) in [5.74, 6) is -0.347. The van der Waals surface area contributed by atoms with E-state index < -0.39 is 0 Å². The second-order valence-corrected chi connectivity index (χ2v) is 5.98. The summed E-state index contributed by atoms with van der Waals surface area (Å²) < 4.78 is 17.0. The summed E-state index contributed by atoms with van der Waals surface area (Å²) >= 11 is 9.40. The summed E-state index contributed by atoms with van der Waals surface area (Å²) in [6.07, 6.45) is 2.29. The van der Waals surface area contributed by atoms with E-state index in [9.17, 15) is 4.39 Å². The summed E-state index contributed by atoms with van der Waals surface area (Å²) in [7, 11) is 0. The molecule has 3 nitrogen and oxygen atoms in total. The van der Waals surface area contributed by atoms with Gasteiger partial charge >= 0.3 is 0 Å². The van der Waals surface area contributed by atoms with E-state index in [1.165, 1.54) is 0 Å². The van der Waals surface area contributed by atoms with Crippen LogP contribution in [0, 0.1) is 5.82 Å². The second-order valence-electron chi connectivity index (χ2n) is 4.72. The first-order chi connectivity index (χ1) is 10.1. The van der Waals surface area contributed by atoms with Gasteiger partial charge < -0.3 is 5.32 Å². The lowest BCUT2D eigenvalue weighted by Crippen LogP contribution is -2.26. The molecule has 2 rings (SSSR count). The summed E-state index contributed by atoms with van der Waals surface area (Å²) in [5.41, 5.74) is 1.63. The Labute approximate surface area is 137 Å². The molecule has 0 amide bonds. The Morgan fingerprint density at radius 2 is 2.19 bits per heavy atom. The molecular weight excluding hydrogens is 357 g/mol. The molecule has 2 aromatic rings. The first kappa shape index (κ1) is 16.5. The van der Waals surface area contributed by atoms with Gasteiger partial charge in [-0.15, -0.1) is 0 Å². The molecule has 6 heteroatoms. The first-order valence-electron chi connectivity index (χ1n) is 6.95. The molecule has 0 radical (unpaired) electrons. The number of benzene rings is 1. The van der Waals surface area contributed by atoms with E-state index in [1.807, 2.05) is 18.5 Å². The number of hydrogen-bond acceptors (Lipinski definition) is 2. The van der Waals surface area contributed by atoms with Gasteiger partial charge in [0.25, 0.3) is 0 Å². The standard InChI is InChI=1S/C15H18BrClFN3/c1-3-19-13(15-11(16)9-20-21(15)4-2)8-10-6-5-7-12(17)14(10)18/h5-7,9,13,19H,3-4,8H2,1-2H3. The number of aromatic nitrogens is 2. The van der Waals surface area contributed by atoms with Crippen molar-refractivity contribution in [1.82, 2.24) is 15.1 Å². The van der Waals surface area contributed by atoms with Gasteiger partial charge in [0.1, 0.15) is 5.82 Å². The third-order valence-corrected chi connectivity index (χ3v) is 4.27. The molecule has 114 valence electrons. The first-order valence-corrected chi connectivity index (χ1v) is 8.13. The lowest BCUT2D eigenvalue weighted by Gasteiger charge is -2.20. The van der Waals surface area contributed by atoms with Gasteiger partial charge in [0.2, 0.25) is 0 Å². The number of nitrogens with one attached hydrogen (secondary N) is 1. The Bertz CT molecular complexity index is 615. The van der Waals surface area contributed by atoms with Gasteiger partial charge in [-0.2, -0.15) is 5.10 Å². The minimum Gasteiger partial charge on any atom is -0.309 e. The Balaban J connectivity index is 2.35. The molecule has 21 heavy (non-hydrogen) atoms. The fourth-order valence-electron chi connectivity index (χ4n) is 2.41. The molecule has 0 aliphatic heterocycles. The van der Waals surface area contributed by atoms with E-state index in [4.69, 9.17) is 11.6 Å². The zero-order valence-corrected chi connectivity index (χ0v) is 14.4. The normalized spacial score (nSPS) is 12.6. The van der Waals surface area contributed by atoms with Crippen LogP contribution in [0.4, 0.5) is 4.39 Å². The summed E-state index contributed by atoms with van der Waals surface area (Å²) in [4.78, 5) is 0.